The molecule has 25 heavy (non-hydrogen) atoms. The molecule has 3 rings (SSSR count). The molecule has 3 aromatic rings. The van der Waals surface area contributed by atoms with Gasteiger partial charge >= 0.3 is 0 Å². The number of carbonyl (C=O) groups excluding carboxylic acids is 1. The number of aryl methyl sites for hydroxylation is 2. The summed E-state index contributed by atoms with van der Waals surface area (Å²) in [6.07, 6.45) is 1.54. The SMILES string of the molecule is Cc1ccc(NC(=O)c2ccnc(Nc3cc(Cl)ccc3C)n2)cc1. The molecule has 0 aliphatic carbocycles. The minimum absolute atomic E-state index is 0.276. The molecule has 0 aliphatic rings. The van der Waals surface area contributed by atoms with Gasteiger partial charge in [0.25, 0.3) is 5.91 Å². The zero-order valence-electron chi connectivity index (χ0n) is 13.9. The molecule has 0 bridgehead atoms. The van der Waals surface area contributed by atoms with Crippen LogP contribution in [0.3, 0.4) is 0 Å². The molecule has 2 aromatic carbocycles. The third-order valence-electron chi connectivity index (χ3n) is 3.64. The van der Waals surface area contributed by atoms with E-state index in [1.54, 1.807) is 18.3 Å². The Morgan fingerprint density at radius 1 is 1.04 bits per heavy atom. The van der Waals surface area contributed by atoms with E-state index in [2.05, 4.69) is 20.6 Å². The van der Waals surface area contributed by atoms with Gasteiger partial charge in [-0.1, -0.05) is 35.4 Å². The Labute approximate surface area is 151 Å². The molecule has 1 heterocycles. The normalized spacial score (nSPS) is 10.4. The Morgan fingerprint density at radius 3 is 2.56 bits per heavy atom. The maximum absolute atomic E-state index is 12.4. The predicted octanol–water partition coefficient (Wildman–Crippen LogP) is 4.74. The molecule has 0 saturated carbocycles. The van der Waals surface area contributed by atoms with Crippen molar-refractivity contribution in [1.29, 1.82) is 0 Å². The Hall–Kier alpha value is -2.92. The fourth-order valence-corrected chi connectivity index (χ4v) is 2.40. The van der Waals surface area contributed by atoms with Crippen LogP contribution in [0.1, 0.15) is 21.6 Å². The molecular weight excluding hydrogens is 336 g/mol. The van der Waals surface area contributed by atoms with Gasteiger partial charge in [-0.15, -0.1) is 0 Å². The van der Waals surface area contributed by atoms with Crippen LogP contribution in [0.5, 0.6) is 0 Å². The molecule has 1 aromatic heterocycles. The zero-order valence-corrected chi connectivity index (χ0v) is 14.6. The second-order valence-corrected chi connectivity index (χ2v) is 6.11. The Bertz CT molecular complexity index is 910. The number of amides is 1. The number of hydrogen-bond donors (Lipinski definition) is 2. The standard InChI is InChI=1S/C19H17ClN4O/c1-12-3-7-15(8-4-12)22-18(25)16-9-10-21-19(23-16)24-17-11-14(20)6-5-13(17)2/h3-11H,1-2H3,(H,22,25)(H,21,23,24). The number of halogens is 1. The summed E-state index contributed by atoms with van der Waals surface area (Å²) in [6, 6.07) is 14.6. The van der Waals surface area contributed by atoms with Crippen molar-refractivity contribution >= 4 is 34.8 Å². The molecule has 0 unspecified atom stereocenters. The van der Waals surface area contributed by atoms with Crippen molar-refractivity contribution in [2.24, 2.45) is 0 Å². The van der Waals surface area contributed by atoms with E-state index in [1.807, 2.05) is 50.2 Å². The fraction of sp³-hybridized carbons (Fsp3) is 0.105. The van der Waals surface area contributed by atoms with Gasteiger partial charge in [0, 0.05) is 22.6 Å². The highest BCUT2D eigenvalue weighted by Crippen LogP contribution is 2.22. The van der Waals surface area contributed by atoms with Crippen LogP contribution in [0.15, 0.2) is 54.7 Å². The van der Waals surface area contributed by atoms with Gasteiger partial charge in [0.05, 0.1) is 0 Å². The maximum Gasteiger partial charge on any atom is 0.274 e. The molecule has 0 aliphatic heterocycles. The summed E-state index contributed by atoms with van der Waals surface area (Å²) in [4.78, 5) is 20.8. The predicted molar refractivity (Wildman–Crippen MR) is 101 cm³/mol. The molecular formula is C19H17ClN4O. The van der Waals surface area contributed by atoms with Crippen LogP contribution < -0.4 is 10.6 Å². The molecule has 5 nitrogen and oxygen atoms in total. The highest BCUT2D eigenvalue weighted by molar-refractivity contribution is 6.30. The number of aromatic nitrogens is 2. The first-order chi connectivity index (χ1) is 12.0. The van der Waals surface area contributed by atoms with E-state index in [1.165, 1.54) is 0 Å². The first-order valence-electron chi connectivity index (χ1n) is 7.75. The molecule has 6 heteroatoms. The molecule has 2 N–H and O–H groups in total. The number of carbonyl (C=O) groups is 1. The van der Waals surface area contributed by atoms with E-state index >= 15 is 0 Å². The zero-order chi connectivity index (χ0) is 17.8. The smallest absolute Gasteiger partial charge is 0.274 e. The lowest BCUT2D eigenvalue weighted by Gasteiger charge is -2.10. The molecule has 0 atom stereocenters. The third-order valence-corrected chi connectivity index (χ3v) is 3.88. The van der Waals surface area contributed by atoms with E-state index in [-0.39, 0.29) is 11.6 Å². The largest absolute Gasteiger partial charge is 0.324 e. The van der Waals surface area contributed by atoms with Crippen molar-refractivity contribution in [2.45, 2.75) is 13.8 Å². The Morgan fingerprint density at radius 2 is 1.80 bits per heavy atom. The fourth-order valence-electron chi connectivity index (χ4n) is 2.23. The maximum atomic E-state index is 12.4. The van der Waals surface area contributed by atoms with Gasteiger partial charge in [0.2, 0.25) is 5.95 Å². The molecule has 1 amide bonds. The minimum atomic E-state index is -0.294. The summed E-state index contributed by atoms with van der Waals surface area (Å²) in [5.74, 6) is 0.0408. The van der Waals surface area contributed by atoms with Crippen LogP contribution in [0.2, 0.25) is 5.02 Å². The second kappa shape index (κ2) is 7.32. The number of nitrogens with zero attached hydrogens (tertiary/aromatic N) is 2. The van der Waals surface area contributed by atoms with Crippen molar-refractivity contribution in [1.82, 2.24) is 9.97 Å². The first kappa shape index (κ1) is 16.9. The van der Waals surface area contributed by atoms with Crippen LogP contribution in [-0.2, 0) is 0 Å². The van der Waals surface area contributed by atoms with Crippen LogP contribution in [-0.4, -0.2) is 15.9 Å². The average molecular weight is 353 g/mol. The molecule has 0 saturated heterocycles. The second-order valence-electron chi connectivity index (χ2n) is 5.67. The van der Waals surface area contributed by atoms with Crippen molar-refractivity contribution in [3.63, 3.8) is 0 Å². The first-order valence-corrected chi connectivity index (χ1v) is 8.13. The monoisotopic (exact) mass is 352 g/mol. The topological polar surface area (TPSA) is 66.9 Å². The lowest BCUT2D eigenvalue weighted by molar-refractivity contribution is 0.102. The number of nitrogens with one attached hydrogen (secondary N) is 2. The summed E-state index contributed by atoms with van der Waals surface area (Å²) < 4.78 is 0. The summed E-state index contributed by atoms with van der Waals surface area (Å²) in [7, 11) is 0. The van der Waals surface area contributed by atoms with Gasteiger partial charge < -0.3 is 10.6 Å². The minimum Gasteiger partial charge on any atom is -0.324 e. The van der Waals surface area contributed by atoms with Crippen LogP contribution in [0, 0.1) is 13.8 Å². The van der Waals surface area contributed by atoms with Crippen LogP contribution in [0.25, 0.3) is 0 Å². The molecule has 0 fully saturated rings. The Balaban J connectivity index is 1.77. The summed E-state index contributed by atoms with van der Waals surface area (Å²) in [5.41, 5.74) is 3.92. The van der Waals surface area contributed by atoms with Gasteiger partial charge in [-0.25, -0.2) is 9.97 Å². The van der Waals surface area contributed by atoms with Crippen LogP contribution >= 0.6 is 11.6 Å². The summed E-state index contributed by atoms with van der Waals surface area (Å²) in [5, 5.41) is 6.52. The Kier molecular flexibility index (Phi) is 4.95. The van der Waals surface area contributed by atoms with Gasteiger partial charge in [0.1, 0.15) is 5.69 Å². The van der Waals surface area contributed by atoms with E-state index < -0.39 is 0 Å². The highest BCUT2D eigenvalue weighted by atomic mass is 35.5. The van der Waals surface area contributed by atoms with Crippen molar-refractivity contribution in [3.8, 4) is 0 Å². The molecule has 0 radical (unpaired) electrons. The third kappa shape index (κ3) is 4.33. The van der Waals surface area contributed by atoms with E-state index in [9.17, 15) is 4.79 Å². The summed E-state index contributed by atoms with van der Waals surface area (Å²) in [6.45, 7) is 3.94. The van der Waals surface area contributed by atoms with E-state index in [0.29, 0.717) is 11.0 Å². The van der Waals surface area contributed by atoms with E-state index in [0.717, 1.165) is 22.5 Å². The number of benzene rings is 2. The van der Waals surface area contributed by atoms with Crippen molar-refractivity contribution in [2.75, 3.05) is 10.6 Å². The highest BCUT2D eigenvalue weighted by Gasteiger charge is 2.10. The van der Waals surface area contributed by atoms with Gasteiger partial charge in [-0.3, -0.25) is 4.79 Å². The molecule has 126 valence electrons. The lowest BCUT2D eigenvalue weighted by atomic mass is 10.2. The number of anilines is 3. The van der Waals surface area contributed by atoms with Crippen molar-refractivity contribution in [3.05, 3.63) is 76.6 Å². The van der Waals surface area contributed by atoms with Crippen LogP contribution in [0.4, 0.5) is 17.3 Å². The van der Waals surface area contributed by atoms with Gasteiger partial charge in [-0.2, -0.15) is 0 Å². The van der Waals surface area contributed by atoms with Gasteiger partial charge in [-0.05, 0) is 49.7 Å². The summed E-state index contributed by atoms with van der Waals surface area (Å²) >= 11 is 6.02. The number of hydrogen-bond acceptors (Lipinski definition) is 4. The molecule has 0 spiro atoms. The average Bonchev–Trinajstić information content (AvgIpc) is 2.60. The van der Waals surface area contributed by atoms with E-state index in [4.69, 9.17) is 11.6 Å². The quantitative estimate of drug-likeness (QED) is 0.711. The van der Waals surface area contributed by atoms with Crippen molar-refractivity contribution < 1.29 is 4.79 Å². The lowest BCUT2D eigenvalue weighted by Crippen LogP contribution is -2.14. The van der Waals surface area contributed by atoms with Gasteiger partial charge in [0.15, 0.2) is 0 Å². The number of rotatable bonds is 4.